The number of amides is 2. The molecule has 1 aromatic carbocycles. The van der Waals surface area contributed by atoms with E-state index in [1.54, 1.807) is 6.20 Å². The fourth-order valence-electron chi connectivity index (χ4n) is 5.16. The second-order valence-corrected chi connectivity index (χ2v) is 11.3. The van der Waals surface area contributed by atoms with E-state index in [4.69, 9.17) is 11.6 Å². The molecule has 3 aromatic rings. The summed E-state index contributed by atoms with van der Waals surface area (Å²) in [5.41, 5.74) is 0.782. The number of benzene rings is 1. The number of halogens is 1. The van der Waals surface area contributed by atoms with Gasteiger partial charge < -0.3 is 15.1 Å². The van der Waals surface area contributed by atoms with Crippen molar-refractivity contribution in [1.29, 1.82) is 0 Å². The Morgan fingerprint density at radius 1 is 1.08 bits per heavy atom. The van der Waals surface area contributed by atoms with Gasteiger partial charge in [-0.15, -0.1) is 11.3 Å². The van der Waals surface area contributed by atoms with E-state index in [0.29, 0.717) is 35.5 Å². The number of thiophene rings is 1. The maximum absolute atomic E-state index is 13.7. The minimum Gasteiger partial charge on any atom is -0.339 e. The van der Waals surface area contributed by atoms with Crippen molar-refractivity contribution in [2.75, 3.05) is 46.3 Å². The number of likely N-dealkylation sites (tertiary alicyclic amines) is 1. The third-order valence-corrected chi connectivity index (χ3v) is 8.61. The first-order valence-electron chi connectivity index (χ1n) is 12.6. The van der Waals surface area contributed by atoms with Gasteiger partial charge in [-0.2, -0.15) is 0 Å². The van der Waals surface area contributed by atoms with Gasteiger partial charge in [0.2, 0.25) is 5.91 Å². The highest BCUT2D eigenvalue weighted by Gasteiger charge is 2.32. The van der Waals surface area contributed by atoms with Crippen LogP contribution in [0.3, 0.4) is 0 Å². The number of aromatic nitrogens is 1. The van der Waals surface area contributed by atoms with E-state index in [9.17, 15) is 9.59 Å². The predicted octanol–water partition coefficient (Wildman–Crippen LogP) is 3.53. The molecule has 0 unspecified atom stereocenters. The third-order valence-electron chi connectivity index (χ3n) is 7.28. The van der Waals surface area contributed by atoms with E-state index in [-0.39, 0.29) is 11.8 Å². The van der Waals surface area contributed by atoms with Crippen LogP contribution in [0.2, 0.25) is 5.02 Å². The van der Waals surface area contributed by atoms with E-state index in [2.05, 4.69) is 27.1 Å². The first kappa shape index (κ1) is 25.1. The lowest BCUT2D eigenvalue weighted by atomic mass is 10.0. The molecule has 2 saturated heterocycles. The van der Waals surface area contributed by atoms with Crippen LogP contribution in [-0.2, 0) is 11.2 Å². The van der Waals surface area contributed by atoms with Crippen molar-refractivity contribution in [3.8, 4) is 0 Å². The molecule has 2 fully saturated rings. The number of nitrogens with zero attached hydrogens (tertiary/aromatic N) is 4. The molecular formula is C27H32ClN5O2S. The van der Waals surface area contributed by atoms with Crippen LogP contribution < -0.4 is 5.32 Å². The molecule has 2 amide bonds. The molecule has 1 atom stereocenters. The molecule has 0 radical (unpaired) electrons. The average Bonchev–Trinajstić information content (AvgIpc) is 3.32. The van der Waals surface area contributed by atoms with Gasteiger partial charge in [-0.05, 0) is 68.7 Å². The van der Waals surface area contributed by atoms with E-state index >= 15 is 0 Å². The van der Waals surface area contributed by atoms with Crippen LogP contribution in [0.5, 0.6) is 0 Å². The zero-order valence-electron chi connectivity index (χ0n) is 20.5. The molecule has 190 valence electrons. The maximum Gasteiger partial charge on any atom is 0.262 e. The zero-order valence-corrected chi connectivity index (χ0v) is 22.1. The average molecular weight is 526 g/mol. The van der Waals surface area contributed by atoms with E-state index in [0.717, 1.165) is 42.0 Å². The largest absolute Gasteiger partial charge is 0.339 e. The van der Waals surface area contributed by atoms with Crippen molar-refractivity contribution in [3.63, 3.8) is 0 Å². The molecule has 9 heteroatoms. The Balaban J connectivity index is 1.27. The van der Waals surface area contributed by atoms with Gasteiger partial charge in [0.25, 0.3) is 5.91 Å². The Labute approximate surface area is 221 Å². The lowest BCUT2D eigenvalue weighted by Crippen LogP contribution is -2.58. The Bertz CT molecular complexity index is 1200. The number of hydrogen-bond donors (Lipinski definition) is 1. The summed E-state index contributed by atoms with van der Waals surface area (Å²) in [7, 11) is 2.18. The van der Waals surface area contributed by atoms with Crippen molar-refractivity contribution in [2.45, 2.75) is 31.3 Å². The molecule has 2 aromatic heterocycles. The van der Waals surface area contributed by atoms with Crippen LogP contribution >= 0.6 is 22.9 Å². The Kier molecular flexibility index (Phi) is 7.86. The lowest BCUT2D eigenvalue weighted by molar-refractivity contribution is -0.135. The summed E-state index contributed by atoms with van der Waals surface area (Å²) in [6.07, 6.45) is 4.44. The van der Waals surface area contributed by atoms with Crippen molar-refractivity contribution < 1.29 is 9.59 Å². The number of pyridine rings is 1. The van der Waals surface area contributed by atoms with Crippen molar-refractivity contribution in [2.24, 2.45) is 0 Å². The summed E-state index contributed by atoms with van der Waals surface area (Å²) < 4.78 is 0.949. The van der Waals surface area contributed by atoms with Crippen LogP contribution in [0.4, 0.5) is 0 Å². The summed E-state index contributed by atoms with van der Waals surface area (Å²) in [6, 6.07) is 13.0. The normalized spacial score (nSPS) is 18.9. The molecular weight excluding hydrogens is 494 g/mol. The zero-order chi connectivity index (χ0) is 25.1. The highest BCUT2D eigenvalue weighted by molar-refractivity contribution is 7.20. The monoisotopic (exact) mass is 525 g/mol. The van der Waals surface area contributed by atoms with Crippen LogP contribution in [0, 0.1) is 0 Å². The summed E-state index contributed by atoms with van der Waals surface area (Å²) in [5, 5.41) is 4.62. The number of piperazine rings is 1. The highest BCUT2D eigenvalue weighted by Crippen LogP contribution is 2.28. The van der Waals surface area contributed by atoms with Gasteiger partial charge in [0, 0.05) is 60.3 Å². The van der Waals surface area contributed by atoms with E-state index in [1.165, 1.54) is 24.2 Å². The van der Waals surface area contributed by atoms with Gasteiger partial charge in [0.1, 0.15) is 6.04 Å². The third kappa shape index (κ3) is 5.89. The van der Waals surface area contributed by atoms with Gasteiger partial charge in [-0.3, -0.25) is 19.5 Å². The molecule has 2 aliphatic rings. The molecule has 0 spiro atoms. The van der Waals surface area contributed by atoms with Gasteiger partial charge in [0.15, 0.2) is 0 Å². The predicted molar refractivity (Wildman–Crippen MR) is 145 cm³/mol. The highest BCUT2D eigenvalue weighted by atomic mass is 35.5. The summed E-state index contributed by atoms with van der Waals surface area (Å²) in [5.74, 6) is -0.284. The SMILES string of the molecule is CN1CCC(N2CCN(C(=O)[C@@H](Cc3ccccn3)NC(=O)c3cc4ccc(Cl)cc4s3)CC2)CC1. The molecule has 1 N–H and O–H groups in total. The summed E-state index contributed by atoms with van der Waals surface area (Å²) in [6.45, 7) is 5.38. The second kappa shape index (κ2) is 11.3. The molecule has 7 nitrogen and oxygen atoms in total. The molecule has 0 aliphatic carbocycles. The first-order chi connectivity index (χ1) is 17.5. The minimum absolute atomic E-state index is 0.0406. The molecule has 5 rings (SSSR count). The van der Waals surface area contributed by atoms with Crippen LogP contribution in [-0.4, -0.2) is 89.9 Å². The molecule has 36 heavy (non-hydrogen) atoms. The van der Waals surface area contributed by atoms with Crippen LogP contribution in [0.1, 0.15) is 28.2 Å². The van der Waals surface area contributed by atoms with Crippen molar-refractivity contribution >= 4 is 44.8 Å². The standard InChI is InChI=1S/C27H32ClN5O2S/c1-31-10-7-22(8-11-31)32-12-14-33(15-13-32)27(35)23(18-21-4-2-3-9-29-21)30-26(34)25-16-19-5-6-20(28)17-24(19)36-25/h2-6,9,16-17,22-23H,7-8,10-15,18H2,1H3,(H,30,34)/t23-/m1/s1. The van der Waals surface area contributed by atoms with Gasteiger partial charge >= 0.3 is 0 Å². The van der Waals surface area contributed by atoms with Crippen molar-refractivity contribution in [3.05, 3.63) is 64.3 Å². The molecule has 0 saturated carbocycles. The summed E-state index contributed by atoms with van der Waals surface area (Å²) in [4.78, 5) is 38.7. The fourth-order valence-corrected chi connectivity index (χ4v) is 6.40. The van der Waals surface area contributed by atoms with Gasteiger partial charge in [-0.1, -0.05) is 23.7 Å². The smallest absolute Gasteiger partial charge is 0.262 e. The maximum atomic E-state index is 13.7. The van der Waals surface area contributed by atoms with E-state index in [1.807, 2.05) is 47.4 Å². The Morgan fingerprint density at radius 2 is 1.86 bits per heavy atom. The Hall–Kier alpha value is -2.52. The number of hydrogen-bond acceptors (Lipinski definition) is 6. The molecule has 4 heterocycles. The van der Waals surface area contributed by atoms with Crippen LogP contribution in [0.15, 0.2) is 48.7 Å². The fraction of sp³-hybridized carbons (Fsp3) is 0.444. The second-order valence-electron chi connectivity index (χ2n) is 9.74. The van der Waals surface area contributed by atoms with Crippen molar-refractivity contribution in [1.82, 2.24) is 25.0 Å². The Morgan fingerprint density at radius 3 is 2.58 bits per heavy atom. The number of piperidine rings is 1. The number of carbonyl (C=O) groups is 2. The van der Waals surface area contributed by atoms with Crippen LogP contribution in [0.25, 0.3) is 10.1 Å². The van der Waals surface area contributed by atoms with E-state index < -0.39 is 6.04 Å². The number of nitrogens with one attached hydrogen (secondary N) is 1. The molecule has 0 bridgehead atoms. The lowest BCUT2D eigenvalue weighted by Gasteiger charge is -2.42. The minimum atomic E-state index is -0.670. The molecule has 2 aliphatic heterocycles. The number of carbonyl (C=O) groups excluding carboxylic acids is 2. The number of fused-ring (bicyclic) bond motifs is 1. The first-order valence-corrected chi connectivity index (χ1v) is 13.8. The van der Waals surface area contributed by atoms with Gasteiger partial charge in [0.05, 0.1) is 4.88 Å². The topological polar surface area (TPSA) is 68.8 Å². The number of rotatable bonds is 6. The quantitative estimate of drug-likeness (QED) is 0.533. The van der Waals surface area contributed by atoms with Gasteiger partial charge in [-0.25, -0.2) is 0 Å². The summed E-state index contributed by atoms with van der Waals surface area (Å²) >= 11 is 7.50.